The van der Waals surface area contributed by atoms with Gasteiger partial charge in [-0.2, -0.15) is 17.5 Å². The van der Waals surface area contributed by atoms with Gasteiger partial charge in [0.2, 0.25) is 5.91 Å². The Balaban J connectivity index is 1.61. The number of amides is 1. The average molecular weight is 476 g/mol. The van der Waals surface area contributed by atoms with Gasteiger partial charge >= 0.3 is 6.18 Å². The third-order valence-corrected chi connectivity index (χ3v) is 8.05. The molecule has 2 heterocycles. The van der Waals surface area contributed by atoms with Gasteiger partial charge in [-0.05, 0) is 23.1 Å². The van der Waals surface area contributed by atoms with Crippen LogP contribution in [0.3, 0.4) is 0 Å². The fourth-order valence-corrected chi connectivity index (χ4v) is 5.71. The summed E-state index contributed by atoms with van der Waals surface area (Å²) in [7, 11) is -2.45. The Hall–Kier alpha value is -2.28. The molecule has 0 atom stereocenters. The number of anilines is 1. The fourth-order valence-electron chi connectivity index (χ4n) is 2.52. The number of halogens is 3. The number of alkyl halides is 3. The average Bonchev–Trinajstić information content (AvgIpc) is 3.33. The van der Waals surface area contributed by atoms with Crippen LogP contribution in [0.5, 0.6) is 0 Å². The van der Waals surface area contributed by atoms with E-state index in [-0.39, 0.29) is 15.8 Å². The highest BCUT2D eigenvalue weighted by Crippen LogP contribution is 2.30. The highest BCUT2D eigenvalue weighted by Gasteiger charge is 2.30. The van der Waals surface area contributed by atoms with E-state index in [4.69, 9.17) is 0 Å². The molecule has 1 aromatic carbocycles. The fraction of sp³-hybridized carbons (Fsp3) is 0.222. The summed E-state index contributed by atoms with van der Waals surface area (Å²) in [6.45, 7) is -0.400. The van der Waals surface area contributed by atoms with E-state index in [1.165, 1.54) is 25.4 Å². The van der Waals surface area contributed by atoms with Crippen molar-refractivity contribution in [3.8, 4) is 0 Å². The summed E-state index contributed by atoms with van der Waals surface area (Å²) in [5.74, 6) is -0.572. The third-order valence-electron chi connectivity index (χ3n) is 3.96. The molecule has 2 aromatic heterocycles. The molecule has 6 nitrogen and oxygen atoms in total. The minimum absolute atomic E-state index is 0.135. The number of nitrogens with zero attached hydrogens (tertiary/aromatic N) is 2. The van der Waals surface area contributed by atoms with Gasteiger partial charge in [0.05, 0.1) is 12.1 Å². The lowest BCUT2D eigenvalue weighted by atomic mass is 10.1. The van der Waals surface area contributed by atoms with Crippen molar-refractivity contribution in [3.63, 3.8) is 0 Å². The smallest absolute Gasteiger partial charge is 0.301 e. The maximum Gasteiger partial charge on any atom is 0.416 e. The van der Waals surface area contributed by atoms with Gasteiger partial charge < -0.3 is 5.32 Å². The van der Waals surface area contributed by atoms with Crippen molar-refractivity contribution < 1.29 is 26.4 Å². The van der Waals surface area contributed by atoms with Crippen molar-refractivity contribution in [2.75, 3.05) is 18.9 Å². The molecule has 0 unspecified atom stereocenters. The lowest BCUT2D eigenvalue weighted by Crippen LogP contribution is -2.34. The number of hydrogen-bond acceptors (Lipinski definition) is 6. The highest BCUT2D eigenvalue weighted by molar-refractivity contribution is 7.91. The molecule has 30 heavy (non-hydrogen) atoms. The van der Waals surface area contributed by atoms with Crippen molar-refractivity contribution in [3.05, 3.63) is 64.0 Å². The number of carbonyl (C=O) groups is 1. The Kier molecular flexibility index (Phi) is 6.60. The van der Waals surface area contributed by atoms with Crippen LogP contribution in [0.1, 0.15) is 16.0 Å². The standard InChI is InChI=1S/C18H16F3N3O3S3/c1-24(30(26,27)16-6-3-7-28-16)11-15(25)23-17-22-10-14(29-17)9-12-4-2-5-13(8-12)18(19,20)21/h2-8,10H,9,11H2,1H3,(H,22,23,25). The van der Waals surface area contributed by atoms with Gasteiger partial charge in [-0.25, -0.2) is 13.4 Å². The molecule has 0 spiro atoms. The zero-order valence-electron chi connectivity index (χ0n) is 15.5. The number of benzene rings is 1. The Labute approximate surface area is 179 Å². The minimum atomic E-state index is -4.42. The molecule has 0 saturated heterocycles. The van der Waals surface area contributed by atoms with Gasteiger partial charge in [0.1, 0.15) is 4.21 Å². The van der Waals surface area contributed by atoms with E-state index < -0.39 is 34.2 Å². The second-order valence-corrected chi connectivity index (χ2v) is 10.6. The molecule has 0 aliphatic carbocycles. The zero-order valence-corrected chi connectivity index (χ0v) is 18.0. The molecule has 0 aliphatic rings. The number of aromatic nitrogens is 1. The van der Waals surface area contributed by atoms with Crippen molar-refractivity contribution in [1.82, 2.24) is 9.29 Å². The summed E-state index contributed by atoms with van der Waals surface area (Å²) in [4.78, 5) is 16.9. The number of nitrogens with one attached hydrogen (secondary N) is 1. The summed E-state index contributed by atoms with van der Waals surface area (Å²) in [5.41, 5.74) is -0.263. The van der Waals surface area contributed by atoms with Gasteiger partial charge in [-0.1, -0.05) is 24.3 Å². The molecule has 0 fully saturated rings. The topological polar surface area (TPSA) is 79.4 Å². The minimum Gasteiger partial charge on any atom is -0.301 e. The second-order valence-electron chi connectivity index (χ2n) is 6.25. The summed E-state index contributed by atoms with van der Waals surface area (Å²) >= 11 is 2.17. The first-order valence-electron chi connectivity index (χ1n) is 8.46. The number of rotatable bonds is 7. The lowest BCUT2D eigenvalue weighted by Gasteiger charge is -2.14. The molecular formula is C18H16F3N3O3S3. The van der Waals surface area contributed by atoms with E-state index in [0.717, 1.165) is 39.1 Å². The maximum atomic E-state index is 12.8. The number of sulfonamides is 1. The van der Waals surface area contributed by atoms with Crippen molar-refractivity contribution >= 4 is 43.7 Å². The largest absolute Gasteiger partial charge is 0.416 e. The second kappa shape index (κ2) is 8.84. The number of likely N-dealkylation sites (N-methyl/N-ethyl adjacent to an activating group) is 1. The molecule has 1 amide bonds. The van der Waals surface area contributed by atoms with E-state index in [2.05, 4.69) is 10.3 Å². The van der Waals surface area contributed by atoms with Crippen LogP contribution in [0.25, 0.3) is 0 Å². The molecule has 160 valence electrons. The molecule has 1 N–H and O–H groups in total. The van der Waals surface area contributed by atoms with Gasteiger partial charge in [0.15, 0.2) is 5.13 Å². The Morgan fingerprint density at radius 1 is 1.23 bits per heavy atom. The van der Waals surface area contributed by atoms with Crippen LogP contribution >= 0.6 is 22.7 Å². The van der Waals surface area contributed by atoms with Gasteiger partial charge in [0, 0.05) is 24.5 Å². The van der Waals surface area contributed by atoms with Crippen LogP contribution in [0, 0.1) is 0 Å². The summed E-state index contributed by atoms with van der Waals surface area (Å²) in [6, 6.07) is 8.05. The highest BCUT2D eigenvalue weighted by atomic mass is 32.2. The first-order chi connectivity index (χ1) is 14.1. The summed E-state index contributed by atoms with van der Waals surface area (Å²) in [5, 5.41) is 4.38. The zero-order chi connectivity index (χ0) is 21.9. The Morgan fingerprint density at radius 2 is 2.00 bits per heavy atom. The predicted molar refractivity (Wildman–Crippen MR) is 109 cm³/mol. The number of hydrogen-bond donors (Lipinski definition) is 1. The van der Waals surface area contributed by atoms with Crippen LogP contribution in [0.2, 0.25) is 0 Å². The number of thiophene rings is 1. The molecule has 0 radical (unpaired) electrons. The van der Waals surface area contributed by atoms with Crippen LogP contribution in [-0.2, 0) is 27.4 Å². The Bertz CT molecular complexity index is 1130. The van der Waals surface area contributed by atoms with Crippen LogP contribution in [0.4, 0.5) is 18.3 Å². The molecule has 12 heteroatoms. The molecular weight excluding hydrogens is 459 g/mol. The van der Waals surface area contributed by atoms with E-state index in [1.807, 2.05) is 0 Å². The van der Waals surface area contributed by atoms with E-state index in [0.29, 0.717) is 10.4 Å². The molecule has 0 bridgehead atoms. The van der Waals surface area contributed by atoms with Gasteiger partial charge in [-0.3, -0.25) is 4.79 Å². The van der Waals surface area contributed by atoms with Crippen molar-refractivity contribution in [2.45, 2.75) is 16.8 Å². The van der Waals surface area contributed by atoms with E-state index in [1.54, 1.807) is 17.5 Å². The summed E-state index contributed by atoms with van der Waals surface area (Å²) in [6.07, 6.45) is -2.73. The van der Waals surface area contributed by atoms with E-state index in [9.17, 15) is 26.4 Å². The Morgan fingerprint density at radius 3 is 2.67 bits per heavy atom. The molecule has 3 rings (SSSR count). The number of thiazole rings is 1. The first-order valence-corrected chi connectivity index (χ1v) is 11.6. The van der Waals surface area contributed by atoms with Crippen LogP contribution in [-0.4, -0.2) is 37.2 Å². The van der Waals surface area contributed by atoms with Crippen molar-refractivity contribution in [2.24, 2.45) is 0 Å². The monoisotopic (exact) mass is 475 g/mol. The molecule has 0 saturated carbocycles. The molecule has 3 aromatic rings. The summed E-state index contributed by atoms with van der Waals surface area (Å²) < 4.78 is 64.3. The third kappa shape index (κ3) is 5.45. The van der Waals surface area contributed by atoms with Crippen molar-refractivity contribution in [1.29, 1.82) is 0 Å². The predicted octanol–water partition coefficient (Wildman–Crippen LogP) is 4.07. The van der Waals surface area contributed by atoms with Gasteiger partial charge in [-0.15, -0.1) is 22.7 Å². The van der Waals surface area contributed by atoms with Gasteiger partial charge in [0.25, 0.3) is 10.0 Å². The van der Waals surface area contributed by atoms with E-state index >= 15 is 0 Å². The van der Waals surface area contributed by atoms with Crippen LogP contribution in [0.15, 0.2) is 52.2 Å². The number of carbonyl (C=O) groups excluding carboxylic acids is 1. The lowest BCUT2D eigenvalue weighted by molar-refractivity contribution is -0.137. The quantitative estimate of drug-likeness (QED) is 0.559. The first kappa shape index (κ1) is 22.4. The maximum absolute atomic E-state index is 12.8. The van der Waals surface area contributed by atoms with Crippen LogP contribution < -0.4 is 5.32 Å². The normalized spacial score (nSPS) is 12.3. The SMILES string of the molecule is CN(CC(=O)Nc1ncc(Cc2cccc(C(F)(F)F)c2)s1)S(=O)(=O)c1cccs1. The molecule has 0 aliphatic heterocycles.